The summed E-state index contributed by atoms with van der Waals surface area (Å²) in [6.07, 6.45) is 5.56. The van der Waals surface area contributed by atoms with Crippen molar-refractivity contribution in [3.63, 3.8) is 0 Å². The Bertz CT molecular complexity index is 427. The summed E-state index contributed by atoms with van der Waals surface area (Å²) in [6, 6.07) is 4.95. The molecule has 0 amide bonds. The number of hydrogen-bond donors (Lipinski definition) is 0. The van der Waals surface area contributed by atoms with Crippen LogP contribution in [0.15, 0.2) is 36.4 Å². The van der Waals surface area contributed by atoms with Crippen molar-refractivity contribution in [1.29, 1.82) is 0 Å². The summed E-state index contributed by atoms with van der Waals surface area (Å²) < 4.78 is 13.0. The van der Waals surface area contributed by atoms with Crippen LogP contribution in [-0.4, -0.2) is 0 Å². The van der Waals surface area contributed by atoms with Crippen molar-refractivity contribution in [2.45, 2.75) is 26.2 Å². The number of rotatable bonds is 1. The lowest BCUT2D eigenvalue weighted by atomic mass is 9.88. The fraction of sp³-hybridized carbons (Fsp3) is 0.286. The summed E-state index contributed by atoms with van der Waals surface area (Å²) in [5.41, 5.74) is 4.50. The SMILES string of the molecule is C=C1CCCC=C1c1ccc(F)cc1C. The second-order valence-electron chi connectivity index (χ2n) is 4.07. The average Bonchev–Trinajstić information content (AvgIpc) is 2.20. The number of halogens is 1. The van der Waals surface area contributed by atoms with Crippen molar-refractivity contribution in [3.8, 4) is 0 Å². The van der Waals surface area contributed by atoms with Gasteiger partial charge in [0.1, 0.15) is 5.82 Å². The predicted octanol–water partition coefficient (Wildman–Crippen LogP) is 4.26. The van der Waals surface area contributed by atoms with Gasteiger partial charge in [-0.15, -0.1) is 0 Å². The molecule has 0 aliphatic heterocycles. The van der Waals surface area contributed by atoms with Crippen LogP contribution in [0.3, 0.4) is 0 Å². The van der Waals surface area contributed by atoms with Crippen molar-refractivity contribution in [2.75, 3.05) is 0 Å². The minimum absolute atomic E-state index is 0.168. The number of allylic oxidation sites excluding steroid dienone is 3. The van der Waals surface area contributed by atoms with Crippen molar-refractivity contribution in [2.24, 2.45) is 0 Å². The molecule has 0 heterocycles. The van der Waals surface area contributed by atoms with Gasteiger partial charge < -0.3 is 0 Å². The minimum Gasteiger partial charge on any atom is -0.207 e. The van der Waals surface area contributed by atoms with Crippen LogP contribution >= 0.6 is 0 Å². The van der Waals surface area contributed by atoms with Crippen LogP contribution in [0, 0.1) is 12.7 Å². The smallest absolute Gasteiger partial charge is 0.123 e. The summed E-state index contributed by atoms with van der Waals surface area (Å²) in [7, 11) is 0. The molecule has 0 aromatic heterocycles. The Morgan fingerprint density at radius 3 is 2.80 bits per heavy atom. The molecule has 0 nitrogen and oxygen atoms in total. The molecule has 1 heteroatoms. The van der Waals surface area contributed by atoms with E-state index in [4.69, 9.17) is 0 Å². The number of benzene rings is 1. The molecule has 0 saturated heterocycles. The van der Waals surface area contributed by atoms with E-state index >= 15 is 0 Å². The predicted molar refractivity (Wildman–Crippen MR) is 62.1 cm³/mol. The number of aryl methyl sites for hydroxylation is 1. The zero-order valence-electron chi connectivity index (χ0n) is 9.02. The van der Waals surface area contributed by atoms with Crippen LogP contribution in [0.1, 0.15) is 30.4 Å². The molecular formula is C14H15F. The Morgan fingerprint density at radius 2 is 2.13 bits per heavy atom. The molecule has 78 valence electrons. The van der Waals surface area contributed by atoms with Gasteiger partial charge in [0.15, 0.2) is 0 Å². The normalized spacial score (nSPS) is 16.4. The van der Waals surface area contributed by atoms with Gasteiger partial charge in [0, 0.05) is 0 Å². The van der Waals surface area contributed by atoms with Crippen LogP contribution in [-0.2, 0) is 0 Å². The van der Waals surface area contributed by atoms with Crippen molar-refractivity contribution < 1.29 is 4.39 Å². The van der Waals surface area contributed by atoms with E-state index in [0.717, 1.165) is 24.0 Å². The lowest BCUT2D eigenvalue weighted by molar-refractivity contribution is 0.626. The van der Waals surface area contributed by atoms with Crippen LogP contribution in [0.4, 0.5) is 4.39 Å². The molecule has 1 aromatic rings. The van der Waals surface area contributed by atoms with Gasteiger partial charge >= 0.3 is 0 Å². The highest BCUT2D eigenvalue weighted by atomic mass is 19.1. The van der Waals surface area contributed by atoms with E-state index in [1.54, 1.807) is 6.07 Å². The summed E-state index contributed by atoms with van der Waals surface area (Å²) in [5.74, 6) is -0.168. The van der Waals surface area contributed by atoms with Gasteiger partial charge in [0.25, 0.3) is 0 Å². The zero-order chi connectivity index (χ0) is 10.8. The first-order valence-corrected chi connectivity index (χ1v) is 5.33. The Hall–Kier alpha value is -1.37. The van der Waals surface area contributed by atoms with Crippen LogP contribution < -0.4 is 0 Å². The lowest BCUT2D eigenvalue weighted by Gasteiger charge is -2.17. The van der Waals surface area contributed by atoms with Crippen molar-refractivity contribution >= 4 is 5.57 Å². The number of hydrogen-bond acceptors (Lipinski definition) is 0. The van der Waals surface area contributed by atoms with E-state index in [1.165, 1.54) is 23.6 Å². The van der Waals surface area contributed by atoms with E-state index in [2.05, 4.69) is 12.7 Å². The molecule has 0 radical (unpaired) electrons. The molecule has 0 fully saturated rings. The Morgan fingerprint density at radius 1 is 1.33 bits per heavy atom. The van der Waals surface area contributed by atoms with Gasteiger partial charge in [0.2, 0.25) is 0 Å². The standard InChI is InChI=1S/C14H15F/c1-10-5-3-4-6-13(10)14-8-7-12(15)9-11(14)2/h6-9H,1,3-5H2,2H3. The Kier molecular flexibility index (Phi) is 2.72. The second-order valence-corrected chi connectivity index (χ2v) is 4.07. The van der Waals surface area contributed by atoms with Crippen molar-refractivity contribution in [1.82, 2.24) is 0 Å². The third kappa shape index (κ3) is 2.01. The molecule has 1 aliphatic carbocycles. The first-order chi connectivity index (χ1) is 7.18. The van der Waals surface area contributed by atoms with Crippen LogP contribution in [0.25, 0.3) is 5.57 Å². The third-order valence-corrected chi connectivity index (χ3v) is 2.89. The van der Waals surface area contributed by atoms with Gasteiger partial charge in [-0.3, -0.25) is 0 Å². The van der Waals surface area contributed by atoms with Gasteiger partial charge in [0.05, 0.1) is 0 Å². The zero-order valence-corrected chi connectivity index (χ0v) is 9.02. The monoisotopic (exact) mass is 202 g/mol. The topological polar surface area (TPSA) is 0 Å². The maximum absolute atomic E-state index is 13.0. The second kappa shape index (κ2) is 4.01. The van der Waals surface area contributed by atoms with Crippen molar-refractivity contribution in [3.05, 3.63) is 53.4 Å². The van der Waals surface area contributed by atoms with E-state index in [1.807, 2.05) is 13.0 Å². The highest BCUT2D eigenvalue weighted by molar-refractivity contribution is 5.80. The molecule has 0 atom stereocenters. The van der Waals surface area contributed by atoms with E-state index in [9.17, 15) is 4.39 Å². The first kappa shape index (κ1) is 10.2. The summed E-state index contributed by atoms with van der Waals surface area (Å²) in [5, 5.41) is 0. The maximum atomic E-state index is 13.0. The average molecular weight is 202 g/mol. The largest absolute Gasteiger partial charge is 0.207 e. The van der Waals surface area contributed by atoms with Gasteiger partial charge in [-0.25, -0.2) is 4.39 Å². The minimum atomic E-state index is -0.168. The molecule has 0 N–H and O–H groups in total. The molecule has 15 heavy (non-hydrogen) atoms. The first-order valence-electron chi connectivity index (χ1n) is 5.33. The lowest BCUT2D eigenvalue weighted by Crippen LogP contribution is -1.97. The highest BCUT2D eigenvalue weighted by Gasteiger charge is 2.12. The van der Waals surface area contributed by atoms with E-state index in [-0.39, 0.29) is 5.82 Å². The fourth-order valence-electron chi connectivity index (χ4n) is 2.07. The highest BCUT2D eigenvalue weighted by Crippen LogP contribution is 2.32. The molecule has 1 aromatic carbocycles. The van der Waals surface area contributed by atoms with Gasteiger partial charge in [-0.05, 0) is 60.6 Å². The molecule has 1 aliphatic rings. The Labute approximate surface area is 90.1 Å². The Balaban J connectivity index is 2.45. The van der Waals surface area contributed by atoms with Crippen LogP contribution in [0.5, 0.6) is 0 Å². The van der Waals surface area contributed by atoms with Gasteiger partial charge in [-0.2, -0.15) is 0 Å². The van der Waals surface area contributed by atoms with Crippen LogP contribution in [0.2, 0.25) is 0 Å². The fourth-order valence-corrected chi connectivity index (χ4v) is 2.07. The molecule has 0 saturated carbocycles. The maximum Gasteiger partial charge on any atom is 0.123 e. The third-order valence-electron chi connectivity index (χ3n) is 2.89. The molecule has 2 rings (SSSR count). The van der Waals surface area contributed by atoms with Gasteiger partial charge in [-0.1, -0.05) is 18.7 Å². The molecule has 0 unspecified atom stereocenters. The molecular weight excluding hydrogens is 187 g/mol. The quantitative estimate of drug-likeness (QED) is 0.638. The summed E-state index contributed by atoms with van der Waals surface area (Å²) >= 11 is 0. The van der Waals surface area contributed by atoms with E-state index in [0.29, 0.717) is 0 Å². The summed E-state index contributed by atoms with van der Waals surface area (Å²) in [6.45, 7) is 6.02. The summed E-state index contributed by atoms with van der Waals surface area (Å²) in [4.78, 5) is 0. The molecule has 0 spiro atoms. The van der Waals surface area contributed by atoms with E-state index < -0.39 is 0 Å². The molecule has 0 bridgehead atoms.